The number of carbonyl (C=O) groups excluding carboxylic acids is 2. The predicted octanol–water partition coefficient (Wildman–Crippen LogP) is 3.40. The Balaban J connectivity index is 1.40. The SMILES string of the molecule is O=C(CN1C(=O)COc2ccccc21)Nc1ncccc1OCC1CCCCC1. The van der Waals surface area contributed by atoms with Crippen LogP contribution < -0.4 is 19.7 Å². The Bertz CT molecular complexity index is 880. The molecule has 7 nitrogen and oxygen atoms in total. The summed E-state index contributed by atoms with van der Waals surface area (Å²) in [5, 5.41) is 2.79. The van der Waals surface area contributed by atoms with Gasteiger partial charge in [0.05, 0.1) is 12.3 Å². The van der Waals surface area contributed by atoms with E-state index in [9.17, 15) is 9.59 Å². The topological polar surface area (TPSA) is 80.8 Å². The van der Waals surface area contributed by atoms with Crippen molar-refractivity contribution in [1.29, 1.82) is 0 Å². The number of aromatic nitrogens is 1. The number of hydrogen-bond acceptors (Lipinski definition) is 5. The third kappa shape index (κ3) is 4.67. The van der Waals surface area contributed by atoms with Gasteiger partial charge < -0.3 is 14.8 Å². The van der Waals surface area contributed by atoms with Crippen molar-refractivity contribution in [2.45, 2.75) is 32.1 Å². The Labute approximate surface area is 170 Å². The second-order valence-electron chi connectivity index (χ2n) is 7.45. The molecule has 1 saturated carbocycles. The van der Waals surface area contributed by atoms with Crippen molar-refractivity contribution in [1.82, 2.24) is 4.98 Å². The number of benzene rings is 1. The van der Waals surface area contributed by atoms with E-state index in [-0.39, 0.29) is 25.0 Å². The van der Waals surface area contributed by atoms with Gasteiger partial charge in [-0.25, -0.2) is 4.98 Å². The van der Waals surface area contributed by atoms with Crippen molar-refractivity contribution in [3.8, 4) is 11.5 Å². The average Bonchev–Trinajstić information content (AvgIpc) is 2.76. The first kappa shape index (κ1) is 19.2. The molecule has 1 fully saturated rings. The lowest BCUT2D eigenvalue weighted by Gasteiger charge is -2.28. The van der Waals surface area contributed by atoms with Gasteiger partial charge in [-0.15, -0.1) is 0 Å². The van der Waals surface area contributed by atoms with Crippen LogP contribution in [0.15, 0.2) is 42.6 Å². The van der Waals surface area contributed by atoms with Gasteiger partial charge in [0.1, 0.15) is 12.3 Å². The zero-order valence-electron chi connectivity index (χ0n) is 16.3. The number of fused-ring (bicyclic) bond motifs is 1. The van der Waals surface area contributed by atoms with E-state index in [2.05, 4.69) is 10.3 Å². The monoisotopic (exact) mass is 395 g/mol. The number of amides is 2. The predicted molar refractivity (Wildman–Crippen MR) is 109 cm³/mol. The molecule has 4 rings (SSSR count). The summed E-state index contributed by atoms with van der Waals surface area (Å²) in [7, 11) is 0. The highest BCUT2D eigenvalue weighted by Gasteiger charge is 2.27. The molecule has 0 bridgehead atoms. The fourth-order valence-electron chi connectivity index (χ4n) is 3.80. The molecule has 0 radical (unpaired) electrons. The van der Waals surface area contributed by atoms with Crippen molar-refractivity contribution < 1.29 is 19.1 Å². The summed E-state index contributed by atoms with van der Waals surface area (Å²) in [6, 6.07) is 10.8. The molecule has 2 heterocycles. The summed E-state index contributed by atoms with van der Waals surface area (Å²) < 4.78 is 11.4. The summed E-state index contributed by atoms with van der Waals surface area (Å²) in [5.74, 6) is 1.48. The lowest BCUT2D eigenvalue weighted by Crippen LogP contribution is -2.43. The van der Waals surface area contributed by atoms with Gasteiger partial charge in [-0.1, -0.05) is 31.4 Å². The fourth-order valence-corrected chi connectivity index (χ4v) is 3.80. The molecule has 0 spiro atoms. The summed E-state index contributed by atoms with van der Waals surface area (Å²) in [6.45, 7) is 0.436. The minimum atomic E-state index is -0.337. The van der Waals surface area contributed by atoms with E-state index in [0.717, 1.165) is 0 Å². The Morgan fingerprint density at radius 1 is 1.17 bits per heavy atom. The molecule has 29 heavy (non-hydrogen) atoms. The van der Waals surface area contributed by atoms with Crippen LogP contribution in [0.4, 0.5) is 11.5 Å². The van der Waals surface area contributed by atoms with E-state index in [1.165, 1.54) is 37.0 Å². The number of para-hydroxylation sites is 2. The second-order valence-corrected chi connectivity index (χ2v) is 7.45. The molecular weight excluding hydrogens is 370 g/mol. The van der Waals surface area contributed by atoms with Crippen molar-refractivity contribution in [3.05, 3.63) is 42.6 Å². The zero-order chi connectivity index (χ0) is 20.1. The van der Waals surface area contributed by atoms with E-state index >= 15 is 0 Å². The van der Waals surface area contributed by atoms with E-state index in [1.807, 2.05) is 12.1 Å². The molecule has 1 aliphatic carbocycles. The zero-order valence-corrected chi connectivity index (χ0v) is 16.3. The van der Waals surface area contributed by atoms with Crippen LogP contribution in [0.1, 0.15) is 32.1 Å². The summed E-state index contributed by atoms with van der Waals surface area (Å²) >= 11 is 0. The van der Waals surface area contributed by atoms with Gasteiger partial charge in [0.25, 0.3) is 5.91 Å². The molecule has 0 unspecified atom stereocenters. The third-order valence-electron chi connectivity index (χ3n) is 5.34. The van der Waals surface area contributed by atoms with Gasteiger partial charge in [0.15, 0.2) is 18.2 Å². The van der Waals surface area contributed by atoms with Crippen LogP contribution in [0.2, 0.25) is 0 Å². The Kier molecular flexibility index (Phi) is 5.93. The minimum absolute atomic E-state index is 0.0797. The van der Waals surface area contributed by atoms with Gasteiger partial charge in [0.2, 0.25) is 5.91 Å². The van der Waals surface area contributed by atoms with Crippen LogP contribution in [-0.4, -0.2) is 36.6 Å². The van der Waals surface area contributed by atoms with Gasteiger partial charge in [0, 0.05) is 6.20 Å². The van der Waals surface area contributed by atoms with Crippen LogP contribution >= 0.6 is 0 Å². The number of hydrogen-bond donors (Lipinski definition) is 1. The third-order valence-corrected chi connectivity index (χ3v) is 5.34. The van der Waals surface area contributed by atoms with E-state index in [0.29, 0.717) is 35.5 Å². The van der Waals surface area contributed by atoms with Crippen LogP contribution in [0, 0.1) is 5.92 Å². The van der Waals surface area contributed by atoms with Crippen molar-refractivity contribution in [2.75, 3.05) is 30.0 Å². The van der Waals surface area contributed by atoms with Crippen molar-refractivity contribution in [2.24, 2.45) is 5.92 Å². The lowest BCUT2D eigenvalue weighted by atomic mass is 9.90. The van der Waals surface area contributed by atoms with Crippen LogP contribution in [0.25, 0.3) is 0 Å². The quantitative estimate of drug-likeness (QED) is 0.811. The summed E-state index contributed by atoms with van der Waals surface area (Å²) in [5.41, 5.74) is 0.591. The van der Waals surface area contributed by atoms with Crippen LogP contribution in [0.5, 0.6) is 11.5 Å². The molecule has 7 heteroatoms. The lowest BCUT2D eigenvalue weighted by molar-refractivity contribution is -0.123. The van der Waals surface area contributed by atoms with E-state index in [4.69, 9.17) is 9.47 Å². The first-order valence-corrected chi connectivity index (χ1v) is 10.1. The molecule has 0 atom stereocenters. The Hall–Kier alpha value is -3.09. The summed E-state index contributed by atoms with van der Waals surface area (Å²) in [6.07, 6.45) is 7.77. The number of nitrogens with zero attached hydrogens (tertiary/aromatic N) is 2. The second kappa shape index (κ2) is 8.94. The summed E-state index contributed by atoms with van der Waals surface area (Å²) in [4.78, 5) is 30.6. The number of rotatable bonds is 6. The molecular formula is C22H25N3O4. The standard InChI is InChI=1S/C22H25N3O4/c26-20(13-25-17-9-4-5-10-18(17)29-15-21(25)27)24-22-19(11-6-12-23-22)28-14-16-7-2-1-3-8-16/h4-6,9-12,16H,1-3,7-8,13-15H2,(H,23,24,26). The van der Waals surface area contributed by atoms with Crippen LogP contribution in [0.3, 0.4) is 0 Å². The van der Waals surface area contributed by atoms with Gasteiger partial charge >= 0.3 is 0 Å². The van der Waals surface area contributed by atoms with Crippen molar-refractivity contribution >= 4 is 23.3 Å². The smallest absolute Gasteiger partial charge is 0.265 e. The molecule has 2 aromatic rings. The Morgan fingerprint density at radius 2 is 2.00 bits per heavy atom. The highest BCUT2D eigenvalue weighted by molar-refractivity contribution is 6.05. The average molecular weight is 395 g/mol. The number of pyridine rings is 1. The normalized spacial score (nSPS) is 16.7. The molecule has 2 aliphatic rings. The molecule has 0 saturated heterocycles. The number of anilines is 2. The minimum Gasteiger partial charge on any atom is -0.489 e. The number of carbonyl (C=O) groups is 2. The van der Waals surface area contributed by atoms with Gasteiger partial charge in [-0.2, -0.15) is 0 Å². The first-order chi connectivity index (χ1) is 14.2. The molecule has 152 valence electrons. The first-order valence-electron chi connectivity index (χ1n) is 10.1. The van der Waals surface area contributed by atoms with Crippen LogP contribution in [-0.2, 0) is 9.59 Å². The fraction of sp³-hybridized carbons (Fsp3) is 0.409. The highest BCUT2D eigenvalue weighted by atomic mass is 16.5. The maximum Gasteiger partial charge on any atom is 0.265 e. The van der Waals surface area contributed by atoms with Crippen molar-refractivity contribution in [3.63, 3.8) is 0 Å². The molecule has 2 amide bonds. The van der Waals surface area contributed by atoms with Gasteiger partial charge in [-0.3, -0.25) is 14.5 Å². The maximum absolute atomic E-state index is 12.7. The highest BCUT2D eigenvalue weighted by Crippen LogP contribution is 2.31. The maximum atomic E-state index is 12.7. The number of ether oxygens (including phenoxy) is 2. The van der Waals surface area contributed by atoms with E-state index in [1.54, 1.807) is 30.5 Å². The molecule has 1 aromatic carbocycles. The Morgan fingerprint density at radius 3 is 2.86 bits per heavy atom. The molecule has 1 aromatic heterocycles. The van der Waals surface area contributed by atoms with E-state index < -0.39 is 0 Å². The molecule has 1 aliphatic heterocycles. The van der Waals surface area contributed by atoms with Gasteiger partial charge in [-0.05, 0) is 43.0 Å². The molecule has 1 N–H and O–H groups in total. The largest absolute Gasteiger partial charge is 0.489 e. The number of nitrogens with one attached hydrogen (secondary N) is 1.